The third-order valence-corrected chi connectivity index (χ3v) is 9.56. The number of oxazole rings is 1. The van der Waals surface area contributed by atoms with E-state index in [0.29, 0.717) is 44.6 Å². The minimum atomic E-state index is -0.544. The van der Waals surface area contributed by atoms with Crippen LogP contribution in [-0.4, -0.2) is 48.5 Å². The van der Waals surface area contributed by atoms with E-state index < -0.39 is 11.9 Å². The number of halogens is 3. The number of nitrogens with zero attached hydrogens (tertiary/aromatic N) is 7. The van der Waals surface area contributed by atoms with Crippen LogP contribution >= 0.6 is 23.2 Å². The fourth-order valence-corrected chi connectivity index (χ4v) is 6.82. The van der Waals surface area contributed by atoms with Gasteiger partial charge in [-0.1, -0.05) is 40.5 Å². The van der Waals surface area contributed by atoms with Gasteiger partial charge in [0.15, 0.2) is 0 Å². The van der Waals surface area contributed by atoms with E-state index in [0.717, 1.165) is 37.1 Å². The zero-order chi connectivity index (χ0) is 35.0. The average Bonchev–Trinajstić information content (AvgIpc) is 3.83. The number of pyridine rings is 1. The maximum absolute atomic E-state index is 13.9. The molecule has 1 fully saturated rings. The van der Waals surface area contributed by atoms with Gasteiger partial charge >= 0.3 is 0 Å². The lowest BCUT2D eigenvalue weighted by Crippen LogP contribution is -2.46. The zero-order valence-electron chi connectivity index (χ0n) is 27.7. The van der Waals surface area contributed by atoms with E-state index in [9.17, 15) is 9.65 Å². The Kier molecular flexibility index (Phi) is 9.18. The Hall–Kier alpha value is -5.02. The lowest BCUT2D eigenvalue weighted by atomic mass is 9.98. The lowest BCUT2D eigenvalue weighted by molar-refractivity contribution is 0.0866. The van der Waals surface area contributed by atoms with Crippen molar-refractivity contribution in [2.75, 3.05) is 23.7 Å². The highest BCUT2D eigenvalue weighted by atomic mass is 35.5. The van der Waals surface area contributed by atoms with Gasteiger partial charge in [-0.25, -0.2) is 14.1 Å². The quantitative estimate of drug-likeness (QED) is 0.159. The van der Waals surface area contributed by atoms with Gasteiger partial charge in [-0.15, -0.1) is 5.10 Å². The van der Waals surface area contributed by atoms with E-state index >= 15 is 0 Å². The minimum absolute atomic E-state index is 0.0464. The molecule has 7 rings (SSSR count). The first-order chi connectivity index (χ1) is 24.1. The molecule has 13 heteroatoms. The molecule has 3 aromatic heterocycles. The number of aromatic nitrogens is 5. The highest BCUT2D eigenvalue weighted by Gasteiger charge is 2.29. The Morgan fingerprint density at radius 2 is 1.88 bits per heavy atom. The maximum Gasteiger partial charge on any atom is 0.225 e. The molecule has 0 saturated carbocycles. The number of nitriles is 1. The molecule has 1 saturated heterocycles. The Bertz CT molecular complexity index is 2200. The molecule has 0 amide bonds. The number of benzene rings is 3. The van der Waals surface area contributed by atoms with Crippen molar-refractivity contribution in [3.63, 3.8) is 0 Å². The molecule has 1 aliphatic heterocycles. The normalized spacial score (nSPS) is 14.8. The Morgan fingerprint density at radius 3 is 2.60 bits per heavy atom. The predicted molar refractivity (Wildman–Crippen MR) is 193 cm³/mol. The number of anilines is 3. The van der Waals surface area contributed by atoms with Crippen molar-refractivity contribution in [3.05, 3.63) is 112 Å². The number of hydrogen-bond donors (Lipinski definition) is 2. The second-order valence-electron chi connectivity index (χ2n) is 13.3. The molecule has 0 unspecified atom stereocenters. The van der Waals surface area contributed by atoms with Gasteiger partial charge in [-0.2, -0.15) is 5.26 Å². The summed E-state index contributed by atoms with van der Waals surface area (Å²) >= 11 is 12.8. The summed E-state index contributed by atoms with van der Waals surface area (Å²) in [6.45, 7) is 8.70. The molecule has 0 spiro atoms. The maximum atomic E-state index is 13.9. The summed E-state index contributed by atoms with van der Waals surface area (Å²) in [5.41, 5.74) is 4.91. The molecule has 10 nitrogen and oxygen atoms in total. The van der Waals surface area contributed by atoms with Crippen LogP contribution in [0.3, 0.4) is 0 Å². The number of rotatable bonds is 8. The number of likely N-dealkylation sites (tertiary alicyclic amines) is 1. The number of piperidine rings is 1. The van der Waals surface area contributed by atoms with Crippen molar-refractivity contribution in [2.24, 2.45) is 0 Å². The van der Waals surface area contributed by atoms with Gasteiger partial charge in [0.2, 0.25) is 5.89 Å². The van der Waals surface area contributed by atoms with Gasteiger partial charge in [-0.3, -0.25) is 9.88 Å². The van der Waals surface area contributed by atoms with Crippen molar-refractivity contribution in [2.45, 2.75) is 51.2 Å². The molecule has 254 valence electrons. The lowest BCUT2D eigenvalue weighted by Gasteiger charge is -2.40. The molecule has 6 aromatic rings. The van der Waals surface area contributed by atoms with Crippen LogP contribution < -0.4 is 10.6 Å². The standard InChI is InChI=1S/C37H34Cl2FN9O/c1-37(2,3)48-12-9-27(10-13-48)49-21-32(46-47-49)34(22-5-4-6-23(15-22)36-42-11-14-50-36)45-31-17-25(38)16-28-33(24(19-41)20-43-35(28)31)44-26-7-8-30(40)29(39)18-26/h4-8,11,14-18,20-21,27,34,45H,9-10,12-13H2,1-3H3,(H,43,44)/t34-/m0/s1. The van der Waals surface area contributed by atoms with E-state index in [1.807, 2.05) is 35.1 Å². The van der Waals surface area contributed by atoms with Gasteiger partial charge in [0.05, 0.1) is 52.0 Å². The topological polar surface area (TPSA) is 121 Å². The minimum Gasteiger partial charge on any atom is -0.445 e. The van der Waals surface area contributed by atoms with Gasteiger partial charge in [-0.05, 0) is 81.6 Å². The van der Waals surface area contributed by atoms with Gasteiger partial charge in [0, 0.05) is 46.5 Å². The predicted octanol–water partition coefficient (Wildman–Crippen LogP) is 9.18. The Labute approximate surface area is 298 Å². The van der Waals surface area contributed by atoms with Crippen LogP contribution in [0.4, 0.5) is 21.5 Å². The molecule has 50 heavy (non-hydrogen) atoms. The number of hydrogen-bond acceptors (Lipinski definition) is 9. The SMILES string of the molecule is CC(C)(C)N1CCC(n2cc([C@@H](Nc3cc(Cl)cc4c(Nc5ccc(F)c(Cl)c5)c(C#N)cnc34)c3cccc(-c4ncco4)c3)nn2)CC1. The van der Waals surface area contributed by atoms with Crippen molar-refractivity contribution < 1.29 is 8.81 Å². The fourth-order valence-electron chi connectivity index (χ4n) is 6.42. The van der Waals surface area contributed by atoms with E-state index in [2.05, 4.69) is 57.7 Å². The zero-order valence-corrected chi connectivity index (χ0v) is 29.2. The third kappa shape index (κ3) is 6.87. The van der Waals surface area contributed by atoms with Crippen molar-refractivity contribution >= 4 is 51.2 Å². The van der Waals surface area contributed by atoms with Crippen LogP contribution in [0.25, 0.3) is 22.4 Å². The molecule has 4 heterocycles. The van der Waals surface area contributed by atoms with Crippen molar-refractivity contribution in [1.29, 1.82) is 5.26 Å². The van der Waals surface area contributed by atoms with Crippen LogP contribution in [0.2, 0.25) is 10.0 Å². The summed E-state index contributed by atoms with van der Waals surface area (Å²) in [5.74, 6) is -0.0486. The van der Waals surface area contributed by atoms with Crippen LogP contribution in [0.1, 0.15) is 62.5 Å². The molecule has 3 aromatic carbocycles. The molecular formula is C37H34Cl2FN9O. The largest absolute Gasteiger partial charge is 0.445 e. The van der Waals surface area contributed by atoms with E-state index in [-0.39, 0.29) is 22.2 Å². The summed E-state index contributed by atoms with van der Waals surface area (Å²) in [6.07, 6.45) is 8.59. The smallest absolute Gasteiger partial charge is 0.225 e. The first-order valence-corrected chi connectivity index (χ1v) is 17.0. The average molecular weight is 711 g/mol. The number of fused-ring (bicyclic) bond motifs is 1. The number of nitrogens with one attached hydrogen (secondary N) is 2. The highest BCUT2D eigenvalue weighted by Crippen LogP contribution is 2.38. The van der Waals surface area contributed by atoms with E-state index in [1.54, 1.807) is 30.7 Å². The van der Waals surface area contributed by atoms with Crippen molar-refractivity contribution in [1.82, 2.24) is 29.9 Å². The summed E-state index contributed by atoms with van der Waals surface area (Å²) in [7, 11) is 0. The first-order valence-electron chi connectivity index (χ1n) is 16.2. The van der Waals surface area contributed by atoms with Crippen LogP contribution in [0, 0.1) is 17.1 Å². The van der Waals surface area contributed by atoms with E-state index in [1.165, 1.54) is 18.3 Å². The van der Waals surface area contributed by atoms with Gasteiger partial charge in [0.1, 0.15) is 23.8 Å². The summed E-state index contributed by atoms with van der Waals surface area (Å²) in [4.78, 5) is 11.5. The monoisotopic (exact) mass is 709 g/mol. The molecular weight excluding hydrogens is 676 g/mol. The van der Waals surface area contributed by atoms with Gasteiger partial charge < -0.3 is 15.1 Å². The second kappa shape index (κ2) is 13.7. The highest BCUT2D eigenvalue weighted by molar-refractivity contribution is 6.32. The summed E-state index contributed by atoms with van der Waals surface area (Å²) < 4.78 is 21.5. The molecule has 1 atom stereocenters. The molecule has 0 aliphatic carbocycles. The van der Waals surface area contributed by atoms with Crippen LogP contribution in [-0.2, 0) is 0 Å². The van der Waals surface area contributed by atoms with Crippen LogP contribution in [0.5, 0.6) is 0 Å². The molecule has 1 aliphatic rings. The fraction of sp³-hybridized carbons (Fsp3) is 0.270. The van der Waals surface area contributed by atoms with Crippen molar-refractivity contribution in [3.8, 4) is 17.5 Å². The second-order valence-corrected chi connectivity index (χ2v) is 14.2. The summed E-state index contributed by atoms with van der Waals surface area (Å²) in [6, 6.07) is 17.6. The Morgan fingerprint density at radius 1 is 1.06 bits per heavy atom. The van der Waals surface area contributed by atoms with Crippen LogP contribution in [0.15, 0.2) is 83.9 Å². The third-order valence-electron chi connectivity index (χ3n) is 9.06. The molecule has 0 bridgehead atoms. The van der Waals surface area contributed by atoms with E-state index in [4.69, 9.17) is 32.6 Å². The molecule has 0 radical (unpaired) electrons. The molecule has 2 N–H and O–H groups in total. The first kappa shape index (κ1) is 33.5. The summed E-state index contributed by atoms with van der Waals surface area (Å²) in [5, 5.41) is 27.2. The Balaban J connectivity index is 1.29. The van der Waals surface area contributed by atoms with Gasteiger partial charge in [0.25, 0.3) is 0 Å².